The van der Waals surface area contributed by atoms with Crippen LogP contribution in [0.5, 0.6) is 0 Å². The minimum absolute atomic E-state index is 0.273. The van der Waals surface area contributed by atoms with Gasteiger partial charge in [-0.25, -0.2) is 10.2 Å². The summed E-state index contributed by atoms with van der Waals surface area (Å²) < 4.78 is 9.60. The monoisotopic (exact) mass is 319 g/mol. The van der Waals surface area contributed by atoms with Gasteiger partial charge in [0.2, 0.25) is 0 Å². The predicted molar refractivity (Wildman–Crippen MR) is 84.6 cm³/mol. The first kappa shape index (κ1) is 16.8. The predicted octanol–water partition coefficient (Wildman–Crippen LogP) is 1.74. The van der Waals surface area contributed by atoms with Gasteiger partial charge in [-0.2, -0.15) is 5.10 Å². The largest absolute Gasteiger partial charge is 0.469 e. The van der Waals surface area contributed by atoms with E-state index < -0.39 is 6.09 Å². The van der Waals surface area contributed by atoms with Crippen LogP contribution in [0.1, 0.15) is 18.9 Å². The Hall–Kier alpha value is -2.57. The highest BCUT2D eigenvalue weighted by Gasteiger charge is 2.33. The zero-order valence-corrected chi connectivity index (χ0v) is 13.3. The summed E-state index contributed by atoms with van der Waals surface area (Å²) in [4.78, 5) is 25.1. The molecular weight excluding hydrogens is 298 g/mol. The second-order valence-electron chi connectivity index (χ2n) is 5.15. The Bertz CT molecular complexity index is 574. The van der Waals surface area contributed by atoms with Gasteiger partial charge >= 0.3 is 12.1 Å². The number of carbonyl (C=O) groups is 2. The van der Waals surface area contributed by atoms with Crippen molar-refractivity contribution in [2.75, 3.05) is 20.3 Å². The van der Waals surface area contributed by atoms with Crippen LogP contribution in [-0.2, 0) is 20.8 Å². The number of hydrogen-bond acceptors (Lipinski definition) is 5. The average molecular weight is 319 g/mol. The lowest BCUT2D eigenvalue weighted by molar-refractivity contribution is -0.144. The highest BCUT2D eigenvalue weighted by Crippen LogP contribution is 2.22. The van der Waals surface area contributed by atoms with Crippen LogP contribution in [0.3, 0.4) is 0 Å². The van der Waals surface area contributed by atoms with Crippen LogP contribution in [0.15, 0.2) is 35.4 Å². The molecule has 1 amide bonds. The number of rotatable bonds is 5. The fourth-order valence-corrected chi connectivity index (χ4v) is 2.46. The molecule has 1 saturated heterocycles. The van der Waals surface area contributed by atoms with Gasteiger partial charge in [-0.05, 0) is 12.5 Å². The van der Waals surface area contributed by atoms with Crippen molar-refractivity contribution in [3.05, 3.63) is 35.9 Å². The lowest BCUT2D eigenvalue weighted by Crippen LogP contribution is -2.29. The number of amidine groups is 1. The lowest BCUT2D eigenvalue weighted by Gasteiger charge is -2.19. The summed E-state index contributed by atoms with van der Waals surface area (Å²) in [6.07, 6.45) is -0.187. The van der Waals surface area contributed by atoms with E-state index in [2.05, 4.69) is 10.5 Å². The number of nitrogens with zero attached hydrogens (tertiary/aromatic N) is 2. The van der Waals surface area contributed by atoms with E-state index in [1.165, 1.54) is 7.11 Å². The number of likely N-dealkylation sites (tertiary alicyclic amines) is 1. The SMILES string of the molecule is CCOC(=O)NN=C1CC(C(=O)OC)CN1Cc1ccccc1. The molecular formula is C16H21N3O4. The first-order valence-electron chi connectivity index (χ1n) is 7.50. The van der Waals surface area contributed by atoms with Crippen LogP contribution in [0.4, 0.5) is 4.79 Å². The molecule has 23 heavy (non-hydrogen) atoms. The highest BCUT2D eigenvalue weighted by molar-refractivity contribution is 5.91. The summed E-state index contributed by atoms with van der Waals surface area (Å²) in [6, 6.07) is 9.86. The number of esters is 1. The Morgan fingerprint density at radius 1 is 1.35 bits per heavy atom. The topological polar surface area (TPSA) is 80.2 Å². The molecule has 1 N–H and O–H groups in total. The molecule has 124 valence electrons. The molecule has 1 aliphatic rings. The third kappa shape index (κ3) is 4.70. The summed E-state index contributed by atoms with van der Waals surface area (Å²) >= 11 is 0. The molecule has 1 heterocycles. The fraction of sp³-hybridized carbons (Fsp3) is 0.438. The van der Waals surface area contributed by atoms with Crippen LogP contribution in [0, 0.1) is 5.92 Å². The van der Waals surface area contributed by atoms with Gasteiger partial charge in [0, 0.05) is 19.5 Å². The quantitative estimate of drug-likeness (QED) is 0.660. The van der Waals surface area contributed by atoms with Crippen molar-refractivity contribution in [2.24, 2.45) is 11.0 Å². The summed E-state index contributed by atoms with van der Waals surface area (Å²) in [6.45, 7) is 3.11. The molecule has 1 aliphatic heterocycles. The number of ether oxygens (including phenoxy) is 2. The van der Waals surface area contributed by atoms with Gasteiger partial charge in [-0.3, -0.25) is 4.79 Å². The van der Waals surface area contributed by atoms with Gasteiger partial charge in [-0.15, -0.1) is 0 Å². The van der Waals surface area contributed by atoms with Gasteiger partial charge in [0.15, 0.2) is 0 Å². The summed E-state index contributed by atoms with van der Waals surface area (Å²) in [7, 11) is 1.37. The van der Waals surface area contributed by atoms with E-state index in [9.17, 15) is 9.59 Å². The Labute approximate surface area is 135 Å². The molecule has 7 nitrogen and oxygen atoms in total. The molecule has 1 aromatic carbocycles. The molecule has 7 heteroatoms. The Morgan fingerprint density at radius 2 is 2.09 bits per heavy atom. The number of hydrazone groups is 1. The summed E-state index contributed by atoms with van der Waals surface area (Å²) in [5.74, 6) is 0.0770. The number of methoxy groups -OCH3 is 1. The van der Waals surface area contributed by atoms with Gasteiger partial charge in [0.25, 0.3) is 0 Å². The molecule has 0 aromatic heterocycles. The number of nitrogens with one attached hydrogen (secondary N) is 1. The van der Waals surface area contributed by atoms with E-state index in [-0.39, 0.29) is 18.5 Å². The Kier molecular flexibility index (Phi) is 5.96. The molecule has 1 fully saturated rings. The molecule has 0 radical (unpaired) electrons. The van der Waals surface area contributed by atoms with Gasteiger partial charge in [-0.1, -0.05) is 30.3 Å². The third-order valence-corrected chi connectivity index (χ3v) is 3.54. The van der Waals surface area contributed by atoms with Crippen LogP contribution in [0.2, 0.25) is 0 Å². The van der Waals surface area contributed by atoms with Gasteiger partial charge in [0.1, 0.15) is 5.84 Å². The Morgan fingerprint density at radius 3 is 2.74 bits per heavy atom. The number of carbonyl (C=O) groups excluding carboxylic acids is 2. The second kappa shape index (κ2) is 8.17. The van der Waals surface area contributed by atoms with Gasteiger partial charge < -0.3 is 14.4 Å². The molecule has 1 unspecified atom stereocenters. The van der Waals surface area contributed by atoms with Crippen molar-refractivity contribution >= 4 is 17.9 Å². The number of hydrogen-bond donors (Lipinski definition) is 1. The maximum atomic E-state index is 11.8. The van der Waals surface area contributed by atoms with E-state index in [0.717, 1.165) is 5.56 Å². The maximum absolute atomic E-state index is 11.8. The van der Waals surface area contributed by atoms with E-state index in [4.69, 9.17) is 9.47 Å². The Balaban J connectivity index is 2.09. The fourth-order valence-electron chi connectivity index (χ4n) is 2.46. The first-order valence-corrected chi connectivity index (χ1v) is 7.50. The van der Waals surface area contributed by atoms with E-state index in [1.807, 2.05) is 35.2 Å². The van der Waals surface area contributed by atoms with E-state index in [1.54, 1.807) is 6.92 Å². The van der Waals surface area contributed by atoms with Crippen LogP contribution >= 0.6 is 0 Å². The van der Waals surface area contributed by atoms with Gasteiger partial charge in [0.05, 0.1) is 19.6 Å². The molecule has 0 bridgehead atoms. The molecule has 0 saturated carbocycles. The van der Waals surface area contributed by atoms with Crippen LogP contribution in [-0.4, -0.2) is 43.1 Å². The van der Waals surface area contributed by atoms with Crippen LogP contribution in [0.25, 0.3) is 0 Å². The maximum Gasteiger partial charge on any atom is 0.427 e. The minimum Gasteiger partial charge on any atom is -0.469 e. The van der Waals surface area contributed by atoms with Crippen molar-refractivity contribution in [2.45, 2.75) is 19.9 Å². The number of benzene rings is 1. The molecule has 1 atom stereocenters. The van der Waals surface area contributed by atoms with Crippen molar-refractivity contribution in [3.8, 4) is 0 Å². The minimum atomic E-state index is -0.610. The third-order valence-electron chi connectivity index (χ3n) is 3.54. The molecule has 1 aromatic rings. The summed E-state index contributed by atoms with van der Waals surface area (Å²) in [5.41, 5.74) is 3.45. The van der Waals surface area contributed by atoms with Crippen molar-refractivity contribution in [3.63, 3.8) is 0 Å². The van der Waals surface area contributed by atoms with Crippen LogP contribution < -0.4 is 5.43 Å². The first-order chi connectivity index (χ1) is 11.1. The smallest absolute Gasteiger partial charge is 0.427 e. The van der Waals surface area contributed by atoms with E-state index >= 15 is 0 Å². The molecule has 0 spiro atoms. The van der Waals surface area contributed by atoms with Crippen molar-refractivity contribution in [1.82, 2.24) is 10.3 Å². The summed E-state index contributed by atoms with van der Waals surface area (Å²) in [5, 5.41) is 4.10. The standard InChI is InChI=1S/C16H21N3O4/c1-3-23-16(21)18-17-14-9-13(15(20)22-2)11-19(14)10-12-7-5-4-6-8-12/h4-8,13H,3,9-11H2,1-2H3,(H,18,21). The van der Waals surface area contributed by atoms with Crippen molar-refractivity contribution in [1.29, 1.82) is 0 Å². The molecule has 2 rings (SSSR count). The zero-order chi connectivity index (χ0) is 16.7. The average Bonchev–Trinajstić information content (AvgIpc) is 2.96. The second-order valence-corrected chi connectivity index (χ2v) is 5.15. The molecule has 0 aliphatic carbocycles. The van der Waals surface area contributed by atoms with E-state index in [0.29, 0.717) is 25.3 Å². The number of amides is 1. The van der Waals surface area contributed by atoms with Crippen molar-refractivity contribution < 1.29 is 19.1 Å². The lowest BCUT2D eigenvalue weighted by atomic mass is 10.1. The highest BCUT2D eigenvalue weighted by atomic mass is 16.5. The zero-order valence-electron chi connectivity index (χ0n) is 13.3. The normalized spacial score (nSPS) is 18.8.